The molecule has 154 valence electrons. The second kappa shape index (κ2) is 7.05. The van der Waals surface area contributed by atoms with Crippen molar-refractivity contribution >= 4 is 17.9 Å². The SMILES string of the molecule is C=C1COC(=O)C12CC1(C)C(C)CCC(OC(=O)C(C)=CC)C1C2OC(C)=O. The minimum atomic E-state index is -1.07. The van der Waals surface area contributed by atoms with Gasteiger partial charge in [-0.05, 0) is 50.0 Å². The second-order valence-electron chi connectivity index (χ2n) is 8.78. The van der Waals surface area contributed by atoms with Gasteiger partial charge in [0.1, 0.15) is 24.2 Å². The predicted octanol–water partition coefficient (Wildman–Crippen LogP) is 3.35. The lowest BCUT2D eigenvalue weighted by Crippen LogP contribution is -2.50. The zero-order valence-corrected chi connectivity index (χ0v) is 17.4. The van der Waals surface area contributed by atoms with Crippen LogP contribution in [0.2, 0.25) is 0 Å². The van der Waals surface area contributed by atoms with Crippen molar-refractivity contribution in [3.05, 3.63) is 23.8 Å². The summed E-state index contributed by atoms with van der Waals surface area (Å²) < 4.78 is 17.0. The third-order valence-corrected chi connectivity index (χ3v) is 7.32. The van der Waals surface area contributed by atoms with Crippen LogP contribution in [-0.4, -0.2) is 36.7 Å². The van der Waals surface area contributed by atoms with E-state index in [0.29, 0.717) is 24.0 Å². The summed E-state index contributed by atoms with van der Waals surface area (Å²) in [7, 11) is 0. The van der Waals surface area contributed by atoms with Gasteiger partial charge < -0.3 is 14.2 Å². The molecule has 3 fully saturated rings. The summed E-state index contributed by atoms with van der Waals surface area (Å²) in [5.74, 6) is -1.25. The predicted molar refractivity (Wildman–Crippen MR) is 102 cm³/mol. The van der Waals surface area contributed by atoms with Gasteiger partial charge in [-0.25, -0.2) is 4.79 Å². The lowest BCUT2D eigenvalue weighted by molar-refractivity contribution is -0.173. The van der Waals surface area contributed by atoms with Gasteiger partial charge in [-0.1, -0.05) is 26.5 Å². The fraction of sp³-hybridized carbons (Fsp3) is 0.682. The van der Waals surface area contributed by atoms with E-state index in [-0.39, 0.29) is 35.8 Å². The largest absolute Gasteiger partial charge is 0.461 e. The van der Waals surface area contributed by atoms with Crippen molar-refractivity contribution in [3.8, 4) is 0 Å². The lowest BCUT2D eigenvalue weighted by Gasteiger charge is -2.46. The number of carbonyl (C=O) groups excluding carboxylic acids is 3. The van der Waals surface area contributed by atoms with E-state index in [2.05, 4.69) is 20.4 Å². The van der Waals surface area contributed by atoms with Crippen LogP contribution in [0, 0.1) is 22.7 Å². The Bertz CT molecular complexity index is 734. The summed E-state index contributed by atoms with van der Waals surface area (Å²) in [5, 5.41) is 0. The first-order valence-electron chi connectivity index (χ1n) is 9.94. The first-order chi connectivity index (χ1) is 13.1. The molecule has 2 saturated carbocycles. The van der Waals surface area contributed by atoms with Crippen LogP contribution < -0.4 is 0 Å². The average molecular weight is 390 g/mol. The summed E-state index contributed by atoms with van der Waals surface area (Å²) >= 11 is 0. The van der Waals surface area contributed by atoms with Gasteiger partial charge in [-0.15, -0.1) is 0 Å². The van der Waals surface area contributed by atoms with E-state index in [1.54, 1.807) is 19.9 Å². The summed E-state index contributed by atoms with van der Waals surface area (Å²) in [6, 6.07) is 0. The van der Waals surface area contributed by atoms with Crippen LogP contribution in [0.3, 0.4) is 0 Å². The first kappa shape index (κ1) is 20.6. The molecule has 0 aromatic heterocycles. The number of ether oxygens (including phenoxy) is 3. The number of hydrogen-bond acceptors (Lipinski definition) is 6. The van der Waals surface area contributed by atoms with Gasteiger partial charge in [0, 0.05) is 18.4 Å². The van der Waals surface area contributed by atoms with Gasteiger partial charge >= 0.3 is 17.9 Å². The van der Waals surface area contributed by atoms with Crippen LogP contribution in [0.25, 0.3) is 0 Å². The fourth-order valence-corrected chi connectivity index (χ4v) is 5.42. The van der Waals surface area contributed by atoms with Crippen molar-refractivity contribution in [2.45, 2.75) is 66.1 Å². The number of fused-ring (bicyclic) bond motifs is 1. The summed E-state index contributed by atoms with van der Waals surface area (Å²) in [4.78, 5) is 37.3. The Morgan fingerprint density at radius 3 is 2.46 bits per heavy atom. The molecule has 6 heteroatoms. The van der Waals surface area contributed by atoms with E-state index < -0.39 is 23.6 Å². The highest BCUT2D eigenvalue weighted by Gasteiger charge is 2.71. The van der Waals surface area contributed by atoms with Crippen molar-refractivity contribution in [2.75, 3.05) is 6.61 Å². The smallest absolute Gasteiger partial charge is 0.333 e. The monoisotopic (exact) mass is 390 g/mol. The van der Waals surface area contributed by atoms with Crippen molar-refractivity contribution in [1.29, 1.82) is 0 Å². The zero-order chi connectivity index (χ0) is 20.9. The molecule has 0 aromatic carbocycles. The lowest BCUT2D eigenvalue weighted by atomic mass is 9.61. The molecular formula is C22H30O6. The van der Waals surface area contributed by atoms with Crippen molar-refractivity contribution in [3.63, 3.8) is 0 Å². The van der Waals surface area contributed by atoms with Crippen molar-refractivity contribution < 1.29 is 28.6 Å². The van der Waals surface area contributed by atoms with Gasteiger partial charge in [0.05, 0.1) is 0 Å². The molecule has 1 aliphatic heterocycles. The van der Waals surface area contributed by atoms with E-state index in [1.165, 1.54) is 6.92 Å². The Balaban J connectivity index is 2.07. The molecule has 0 aromatic rings. The van der Waals surface area contributed by atoms with E-state index in [1.807, 2.05) is 0 Å². The Morgan fingerprint density at radius 2 is 1.93 bits per heavy atom. The Morgan fingerprint density at radius 1 is 1.25 bits per heavy atom. The maximum atomic E-state index is 12.9. The van der Waals surface area contributed by atoms with Gasteiger partial charge in [0.2, 0.25) is 0 Å². The average Bonchev–Trinajstić information content (AvgIpc) is 3.07. The van der Waals surface area contributed by atoms with Crippen LogP contribution >= 0.6 is 0 Å². The number of esters is 3. The molecule has 0 bridgehead atoms. The van der Waals surface area contributed by atoms with Crippen LogP contribution in [0.15, 0.2) is 23.8 Å². The van der Waals surface area contributed by atoms with E-state index in [0.717, 1.165) is 6.42 Å². The minimum Gasteiger partial charge on any atom is -0.461 e. The molecule has 1 saturated heterocycles. The fourth-order valence-electron chi connectivity index (χ4n) is 5.42. The minimum absolute atomic E-state index is 0.135. The first-order valence-corrected chi connectivity index (χ1v) is 9.94. The molecule has 1 spiro atoms. The van der Waals surface area contributed by atoms with Crippen LogP contribution in [0.1, 0.15) is 53.9 Å². The van der Waals surface area contributed by atoms with Crippen LogP contribution in [0.5, 0.6) is 0 Å². The van der Waals surface area contributed by atoms with Gasteiger partial charge in [-0.2, -0.15) is 0 Å². The maximum absolute atomic E-state index is 12.9. The Hall–Kier alpha value is -2.11. The van der Waals surface area contributed by atoms with Crippen LogP contribution in [0.4, 0.5) is 0 Å². The molecule has 0 N–H and O–H groups in total. The van der Waals surface area contributed by atoms with Gasteiger partial charge in [0.15, 0.2) is 0 Å². The number of rotatable bonds is 3. The molecular weight excluding hydrogens is 360 g/mol. The normalized spacial score (nSPS) is 40.2. The number of cyclic esters (lactones) is 1. The molecule has 6 nitrogen and oxygen atoms in total. The highest BCUT2D eigenvalue weighted by molar-refractivity contribution is 5.88. The summed E-state index contributed by atoms with van der Waals surface area (Å²) in [6.45, 7) is 13.3. The van der Waals surface area contributed by atoms with Gasteiger partial charge in [0.25, 0.3) is 0 Å². The Kier molecular flexibility index (Phi) is 5.19. The number of hydrogen-bond donors (Lipinski definition) is 0. The third kappa shape index (κ3) is 2.88. The summed E-state index contributed by atoms with van der Waals surface area (Å²) in [5.41, 5.74) is -0.244. The molecule has 6 atom stereocenters. The second-order valence-corrected chi connectivity index (χ2v) is 8.78. The molecule has 2 aliphatic carbocycles. The molecule has 1 heterocycles. The highest BCUT2D eigenvalue weighted by Crippen LogP contribution is 2.66. The zero-order valence-electron chi connectivity index (χ0n) is 17.4. The molecule has 6 unspecified atom stereocenters. The van der Waals surface area contributed by atoms with E-state index in [9.17, 15) is 14.4 Å². The highest BCUT2D eigenvalue weighted by atomic mass is 16.6. The molecule has 3 aliphatic rings. The standard InChI is InChI=1S/C22H30O6/c1-7-12(2)19(24)28-16-9-8-13(3)21(6)11-22(14(4)10-26-20(22)25)18(17(16)21)27-15(5)23/h7,13,16-18H,4,8-11H2,1-3,5-6H3. The number of allylic oxidation sites excluding steroid dienone is 1. The van der Waals surface area contributed by atoms with Crippen LogP contribution in [-0.2, 0) is 28.6 Å². The quantitative estimate of drug-likeness (QED) is 0.318. The molecule has 28 heavy (non-hydrogen) atoms. The number of carbonyl (C=O) groups is 3. The molecule has 0 radical (unpaired) electrons. The molecule has 3 rings (SSSR count). The van der Waals surface area contributed by atoms with Crippen molar-refractivity contribution in [1.82, 2.24) is 0 Å². The topological polar surface area (TPSA) is 78.9 Å². The Labute approximate surface area is 166 Å². The third-order valence-electron chi connectivity index (χ3n) is 7.32. The maximum Gasteiger partial charge on any atom is 0.333 e. The van der Waals surface area contributed by atoms with Crippen molar-refractivity contribution in [2.24, 2.45) is 22.7 Å². The van der Waals surface area contributed by atoms with Gasteiger partial charge in [-0.3, -0.25) is 9.59 Å². The van der Waals surface area contributed by atoms with E-state index >= 15 is 0 Å². The summed E-state index contributed by atoms with van der Waals surface area (Å²) in [6.07, 6.45) is 2.54. The van der Waals surface area contributed by atoms with E-state index in [4.69, 9.17) is 14.2 Å². The molecule has 0 amide bonds.